The fraction of sp³-hybridized carbons (Fsp3) is 0.647. The molecule has 1 aromatic carbocycles. The first-order chi connectivity index (χ1) is 9.21. The summed E-state index contributed by atoms with van der Waals surface area (Å²) in [5.41, 5.74) is 2.72. The Kier molecular flexibility index (Phi) is 7.57. The van der Waals surface area contributed by atoms with Crippen LogP contribution in [0, 0.1) is 0 Å². The minimum atomic E-state index is 0.598. The van der Waals surface area contributed by atoms with Gasteiger partial charge >= 0.3 is 0 Å². The van der Waals surface area contributed by atoms with Gasteiger partial charge in [0.15, 0.2) is 0 Å². The highest BCUT2D eigenvalue weighted by atomic mass is 15.1. The van der Waals surface area contributed by atoms with Crippen molar-refractivity contribution in [2.24, 2.45) is 0 Å². The van der Waals surface area contributed by atoms with Crippen molar-refractivity contribution in [1.82, 2.24) is 5.32 Å². The van der Waals surface area contributed by atoms with Crippen LogP contribution in [-0.2, 0) is 6.42 Å². The first-order valence-corrected chi connectivity index (χ1v) is 7.74. The molecule has 0 bridgehead atoms. The van der Waals surface area contributed by atoms with E-state index in [4.69, 9.17) is 0 Å². The number of rotatable bonds is 9. The monoisotopic (exact) mass is 262 g/mol. The quantitative estimate of drug-likeness (QED) is 0.727. The van der Waals surface area contributed by atoms with Gasteiger partial charge in [-0.15, -0.1) is 0 Å². The van der Waals surface area contributed by atoms with Gasteiger partial charge in [-0.1, -0.05) is 39.3 Å². The van der Waals surface area contributed by atoms with Crippen LogP contribution in [0.5, 0.6) is 0 Å². The van der Waals surface area contributed by atoms with E-state index >= 15 is 0 Å². The minimum absolute atomic E-state index is 0.598. The summed E-state index contributed by atoms with van der Waals surface area (Å²) in [6, 6.07) is 9.55. The summed E-state index contributed by atoms with van der Waals surface area (Å²) in [4.78, 5) is 2.36. The molecule has 1 unspecified atom stereocenters. The van der Waals surface area contributed by atoms with Gasteiger partial charge in [0.25, 0.3) is 0 Å². The highest BCUT2D eigenvalue weighted by Gasteiger charge is 2.10. The lowest BCUT2D eigenvalue weighted by atomic mass is 10.1. The van der Waals surface area contributed by atoms with E-state index in [1.807, 2.05) is 0 Å². The van der Waals surface area contributed by atoms with Crippen LogP contribution < -0.4 is 10.2 Å². The van der Waals surface area contributed by atoms with E-state index in [9.17, 15) is 0 Å². The lowest BCUT2D eigenvalue weighted by Gasteiger charge is -2.26. The van der Waals surface area contributed by atoms with Crippen molar-refractivity contribution < 1.29 is 0 Å². The second-order valence-corrected chi connectivity index (χ2v) is 5.34. The number of benzene rings is 1. The average molecular weight is 262 g/mol. The molecule has 1 aromatic rings. The maximum atomic E-state index is 3.65. The number of nitrogens with one attached hydrogen (secondary N) is 1. The summed E-state index contributed by atoms with van der Waals surface area (Å²) in [6.07, 6.45) is 4.80. The molecule has 0 aliphatic heterocycles. The Labute approximate surface area is 119 Å². The topological polar surface area (TPSA) is 15.3 Å². The van der Waals surface area contributed by atoms with Crippen molar-refractivity contribution in [2.45, 2.75) is 52.5 Å². The molecule has 0 spiro atoms. The van der Waals surface area contributed by atoms with Crippen molar-refractivity contribution in [3.63, 3.8) is 0 Å². The van der Waals surface area contributed by atoms with Gasteiger partial charge in [-0.2, -0.15) is 0 Å². The molecule has 0 amide bonds. The van der Waals surface area contributed by atoms with E-state index in [-0.39, 0.29) is 0 Å². The van der Waals surface area contributed by atoms with E-state index in [1.165, 1.54) is 30.5 Å². The number of hydrogen-bond acceptors (Lipinski definition) is 2. The SMILES string of the molecule is CCCNC(CCC)CN(C)c1ccc(CC)cc1. The number of aryl methyl sites for hydroxylation is 1. The molecule has 2 heteroatoms. The van der Waals surface area contributed by atoms with E-state index in [0.717, 1.165) is 19.5 Å². The second kappa shape index (κ2) is 8.98. The Balaban J connectivity index is 2.55. The van der Waals surface area contributed by atoms with Crippen LogP contribution in [0.4, 0.5) is 5.69 Å². The summed E-state index contributed by atoms with van der Waals surface area (Å²) in [5, 5.41) is 3.65. The number of hydrogen-bond donors (Lipinski definition) is 1. The van der Waals surface area contributed by atoms with E-state index in [2.05, 4.69) is 62.3 Å². The van der Waals surface area contributed by atoms with Crippen LogP contribution in [-0.4, -0.2) is 26.2 Å². The molecule has 0 saturated carbocycles. The molecular formula is C17H30N2. The first-order valence-electron chi connectivity index (χ1n) is 7.74. The molecule has 0 aromatic heterocycles. The van der Waals surface area contributed by atoms with Crippen LogP contribution in [0.3, 0.4) is 0 Å². The van der Waals surface area contributed by atoms with Gasteiger partial charge in [0.2, 0.25) is 0 Å². The van der Waals surface area contributed by atoms with Gasteiger partial charge in [0.1, 0.15) is 0 Å². The number of likely N-dealkylation sites (N-methyl/N-ethyl adjacent to an activating group) is 1. The zero-order valence-electron chi connectivity index (χ0n) is 13.1. The van der Waals surface area contributed by atoms with Crippen LogP contribution in [0.1, 0.15) is 45.6 Å². The van der Waals surface area contributed by atoms with Crippen molar-refractivity contribution in [1.29, 1.82) is 0 Å². The van der Waals surface area contributed by atoms with Gasteiger partial charge in [0, 0.05) is 25.3 Å². The predicted molar refractivity (Wildman–Crippen MR) is 86.1 cm³/mol. The molecule has 0 fully saturated rings. The van der Waals surface area contributed by atoms with E-state index < -0.39 is 0 Å². The van der Waals surface area contributed by atoms with Crippen molar-refractivity contribution in [3.05, 3.63) is 29.8 Å². The molecule has 0 saturated heterocycles. The molecule has 0 aliphatic rings. The average Bonchev–Trinajstić information content (AvgIpc) is 2.45. The molecule has 0 radical (unpaired) electrons. The summed E-state index contributed by atoms with van der Waals surface area (Å²) >= 11 is 0. The Morgan fingerprint density at radius 1 is 1.05 bits per heavy atom. The smallest absolute Gasteiger partial charge is 0.0364 e. The lowest BCUT2D eigenvalue weighted by Crippen LogP contribution is -2.40. The third-order valence-electron chi connectivity index (χ3n) is 3.60. The Morgan fingerprint density at radius 2 is 1.74 bits per heavy atom. The fourth-order valence-corrected chi connectivity index (χ4v) is 2.38. The van der Waals surface area contributed by atoms with Gasteiger partial charge in [-0.3, -0.25) is 0 Å². The molecule has 0 heterocycles. The Bertz CT molecular complexity index is 332. The van der Waals surface area contributed by atoms with Crippen molar-refractivity contribution >= 4 is 5.69 Å². The largest absolute Gasteiger partial charge is 0.373 e. The van der Waals surface area contributed by atoms with Crippen molar-refractivity contribution in [3.8, 4) is 0 Å². The third kappa shape index (κ3) is 5.65. The van der Waals surface area contributed by atoms with Crippen LogP contribution in [0.2, 0.25) is 0 Å². The van der Waals surface area contributed by atoms with Gasteiger partial charge in [-0.05, 0) is 43.5 Å². The normalized spacial score (nSPS) is 12.4. The van der Waals surface area contributed by atoms with E-state index in [0.29, 0.717) is 6.04 Å². The number of anilines is 1. The highest BCUT2D eigenvalue weighted by molar-refractivity contribution is 5.47. The van der Waals surface area contributed by atoms with Crippen LogP contribution in [0.15, 0.2) is 24.3 Å². The standard InChI is InChI=1S/C17H30N2/c1-5-8-16(18-13-6-2)14-19(4)17-11-9-15(7-3)10-12-17/h9-12,16,18H,5-8,13-14H2,1-4H3. The van der Waals surface area contributed by atoms with Crippen LogP contribution in [0.25, 0.3) is 0 Å². The molecule has 1 rings (SSSR count). The zero-order valence-corrected chi connectivity index (χ0v) is 13.1. The summed E-state index contributed by atoms with van der Waals surface area (Å²) in [5.74, 6) is 0. The molecule has 2 nitrogen and oxygen atoms in total. The third-order valence-corrected chi connectivity index (χ3v) is 3.60. The van der Waals surface area contributed by atoms with Gasteiger partial charge in [-0.25, -0.2) is 0 Å². The Morgan fingerprint density at radius 3 is 2.26 bits per heavy atom. The molecule has 1 atom stereocenters. The molecule has 108 valence electrons. The molecule has 1 N–H and O–H groups in total. The summed E-state index contributed by atoms with van der Waals surface area (Å²) in [7, 11) is 2.19. The second-order valence-electron chi connectivity index (χ2n) is 5.34. The summed E-state index contributed by atoms with van der Waals surface area (Å²) in [6.45, 7) is 8.89. The van der Waals surface area contributed by atoms with Gasteiger partial charge < -0.3 is 10.2 Å². The van der Waals surface area contributed by atoms with Crippen molar-refractivity contribution in [2.75, 3.05) is 25.0 Å². The zero-order chi connectivity index (χ0) is 14.1. The molecule has 0 aliphatic carbocycles. The highest BCUT2D eigenvalue weighted by Crippen LogP contribution is 2.15. The molecular weight excluding hydrogens is 232 g/mol. The maximum Gasteiger partial charge on any atom is 0.0364 e. The van der Waals surface area contributed by atoms with Crippen LogP contribution >= 0.6 is 0 Å². The number of nitrogens with zero attached hydrogens (tertiary/aromatic N) is 1. The van der Waals surface area contributed by atoms with E-state index in [1.54, 1.807) is 0 Å². The maximum absolute atomic E-state index is 3.65. The first kappa shape index (κ1) is 16.0. The predicted octanol–water partition coefficient (Wildman–Crippen LogP) is 3.85. The molecule has 19 heavy (non-hydrogen) atoms. The van der Waals surface area contributed by atoms with Gasteiger partial charge in [0.05, 0.1) is 0 Å². The fourth-order valence-electron chi connectivity index (χ4n) is 2.38. The minimum Gasteiger partial charge on any atom is -0.373 e. The lowest BCUT2D eigenvalue weighted by molar-refractivity contribution is 0.476. The Hall–Kier alpha value is -1.02. The summed E-state index contributed by atoms with van der Waals surface area (Å²) < 4.78 is 0.